The zero-order valence-corrected chi connectivity index (χ0v) is 50.7. The minimum absolute atomic E-state index is 0.0764. The van der Waals surface area contributed by atoms with Gasteiger partial charge in [-0.05, 0) is 96.3 Å². The molecule has 0 heterocycles. The Hall–Kier alpha value is -3.67. The zero-order valence-electron chi connectivity index (χ0n) is 50.7. The molecule has 0 N–H and O–H groups in total. The molecule has 77 heavy (non-hydrogen) atoms. The van der Waals surface area contributed by atoms with Crippen LogP contribution in [0.5, 0.6) is 0 Å². The van der Waals surface area contributed by atoms with E-state index in [4.69, 9.17) is 14.2 Å². The molecule has 1 atom stereocenters. The second kappa shape index (κ2) is 64.9. The maximum Gasteiger partial charge on any atom is 0.306 e. The van der Waals surface area contributed by atoms with Gasteiger partial charge in [0, 0.05) is 19.3 Å². The van der Waals surface area contributed by atoms with E-state index in [1.54, 1.807) is 0 Å². The molecule has 6 heteroatoms. The number of rotatable bonds is 59. The van der Waals surface area contributed by atoms with Crippen molar-refractivity contribution in [3.63, 3.8) is 0 Å². The zero-order chi connectivity index (χ0) is 55.7. The van der Waals surface area contributed by atoms with Crippen LogP contribution in [0.2, 0.25) is 0 Å². The van der Waals surface area contributed by atoms with Crippen molar-refractivity contribution < 1.29 is 28.6 Å². The molecule has 442 valence electrons. The van der Waals surface area contributed by atoms with E-state index in [1.165, 1.54) is 161 Å². The molecule has 0 rings (SSSR count). The van der Waals surface area contributed by atoms with E-state index < -0.39 is 6.10 Å². The first-order chi connectivity index (χ1) is 38.0. The summed E-state index contributed by atoms with van der Waals surface area (Å²) in [5.41, 5.74) is 0. The molecule has 6 nitrogen and oxygen atoms in total. The molecule has 0 saturated heterocycles. The van der Waals surface area contributed by atoms with E-state index in [1.807, 2.05) is 0 Å². The average Bonchev–Trinajstić information content (AvgIpc) is 3.43. The van der Waals surface area contributed by atoms with Gasteiger partial charge in [0.15, 0.2) is 6.10 Å². The minimum atomic E-state index is -0.777. The Balaban J connectivity index is 4.09. The summed E-state index contributed by atoms with van der Waals surface area (Å²) in [6.07, 6.45) is 87.2. The molecule has 0 aliphatic rings. The maximum absolute atomic E-state index is 12.8. The molecule has 0 aliphatic heterocycles. The summed E-state index contributed by atoms with van der Waals surface area (Å²) in [5, 5.41) is 0. The van der Waals surface area contributed by atoms with E-state index in [0.717, 1.165) is 116 Å². The van der Waals surface area contributed by atoms with Gasteiger partial charge in [0.05, 0.1) is 0 Å². The highest BCUT2D eigenvalue weighted by Crippen LogP contribution is 2.17. The van der Waals surface area contributed by atoms with E-state index in [-0.39, 0.29) is 31.1 Å². The summed E-state index contributed by atoms with van der Waals surface area (Å²) < 4.78 is 16.9. The SMILES string of the molecule is CC/C=C\C/C=C\C/C=C\C/C=C\C/C=C\C/C=C\C/C=C\CCCCCCCCCCCCCCCC(=O)OCC(COC(=O)CCCCCCC/C=C\CCC)OC(=O)CCCCCCCCCCCCCCCC. The summed E-state index contributed by atoms with van der Waals surface area (Å²) in [6, 6.07) is 0. The predicted molar refractivity (Wildman–Crippen MR) is 334 cm³/mol. The topological polar surface area (TPSA) is 78.9 Å². The van der Waals surface area contributed by atoms with Crippen molar-refractivity contribution in [2.75, 3.05) is 13.2 Å². The third-order valence-electron chi connectivity index (χ3n) is 14.1. The first-order valence-electron chi connectivity index (χ1n) is 32.7. The summed E-state index contributed by atoms with van der Waals surface area (Å²) in [5.74, 6) is -0.877. The number of carbonyl (C=O) groups is 3. The molecular weight excluding hydrogens is 949 g/mol. The fourth-order valence-electron chi connectivity index (χ4n) is 9.19. The fraction of sp³-hybridized carbons (Fsp3) is 0.732. The molecular formula is C71H122O6. The predicted octanol–water partition coefficient (Wildman–Crippen LogP) is 22.4. The first-order valence-corrected chi connectivity index (χ1v) is 32.7. The Labute approximate surface area is 477 Å². The van der Waals surface area contributed by atoms with Crippen LogP contribution in [0.15, 0.2) is 97.2 Å². The summed E-state index contributed by atoms with van der Waals surface area (Å²) in [4.78, 5) is 38.1. The second-order valence-corrected chi connectivity index (χ2v) is 21.6. The number of hydrogen-bond acceptors (Lipinski definition) is 6. The monoisotopic (exact) mass is 1070 g/mol. The van der Waals surface area contributed by atoms with Crippen molar-refractivity contribution in [2.45, 2.75) is 322 Å². The molecule has 0 amide bonds. The average molecular weight is 1070 g/mol. The number of hydrogen-bond donors (Lipinski definition) is 0. The molecule has 0 spiro atoms. The highest BCUT2D eigenvalue weighted by atomic mass is 16.6. The molecule has 0 aliphatic carbocycles. The van der Waals surface area contributed by atoms with Crippen molar-refractivity contribution >= 4 is 17.9 Å². The van der Waals surface area contributed by atoms with Gasteiger partial charge >= 0.3 is 17.9 Å². The highest BCUT2D eigenvalue weighted by molar-refractivity contribution is 5.71. The number of ether oxygens (including phenoxy) is 3. The van der Waals surface area contributed by atoms with Gasteiger partial charge in [-0.15, -0.1) is 0 Å². The molecule has 0 fully saturated rings. The lowest BCUT2D eigenvalue weighted by Gasteiger charge is -2.18. The number of esters is 3. The molecule has 0 bridgehead atoms. The van der Waals surface area contributed by atoms with Crippen LogP contribution in [-0.2, 0) is 28.6 Å². The Bertz CT molecular complexity index is 1510. The largest absolute Gasteiger partial charge is 0.462 e. The van der Waals surface area contributed by atoms with E-state index >= 15 is 0 Å². The lowest BCUT2D eigenvalue weighted by Crippen LogP contribution is -2.30. The van der Waals surface area contributed by atoms with Crippen molar-refractivity contribution in [3.05, 3.63) is 97.2 Å². The minimum Gasteiger partial charge on any atom is -0.462 e. The van der Waals surface area contributed by atoms with Crippen molar-refractivity contribution in [2.24, 2.45) is 0 Å². The van der Waals surface area contributed by atoms with Crippen LogP contribution in [0.4, 0.5) is 0 Å². The van der Waals surface area contributed by atoms with Gasteiger partial charge in [-0.25, -0.2) is 0 Å². The van der Waals surface area contributed by atoms with Crippen LogP contribution in [0.25, 0.3) is 0 Å². The smallest absolute Gasteiger partial charge is 0.306 e. The van der Waals surface area contributed by atoms with Gasteiger partial charge < -0.3 is 14.2 Å². The second-order valence-electron chi connectivity index (χ2n) is 21.6. The quantitative estimate of drug-likeness (QED) is 0.0261. The fourth-order valence-corrected chi connectivity index (χ4v) is 9.19. The lowest BCUT2D eigenvalue weighted by molar-refractivity contribution is -0.167. The third-order valence-corrected chi connectivity index (χ3v) is 14.1. The number of carbonyl (C=O) groups excluding carboxylic acids is 3. The van der Waals surface area contributed by atoms with Crippen LogP contribution in [0, 0.1) is 0 Å². The summed E-state index contributed by atoms with van der Waals surface area (Å²) >= 11 is 0. The molecule has 0 radical (unpaired) electrons. The highest BCUT2D eigenvalue weighted by Gasteiger charge is 2.19. The van der Waals surface area contributed by atoms with E-state index in [9.17, 15) is 14.4 Å². The molecule has 0 aromatic rings. The number of unbranched alkanes of at least 4 members (excludes halogenated alkanes) is 32. The lowest BCUT2D eigenvalue weighted by atomic mass is 10.0. The van der Waals surface area contributed by atoms with Gasteiger partial charge in [-0.3, -0.25) is 14.4 Å². The van der Waals surface area contributed by atoms with Crippen LogP contribution in [0.1, 0.15) is 316 Å². The van der Waals surface area contributed by atoms with Crippen molar-refractivity contribution in [1.82, 2.24) is 0 Å². The van der Waals surface area contributed by atoms with Gasteiger partial charge in [-0.1, -0.05) is 298 Å². The van der Waals surface area contributed by atoms with Crippen LogP contribution in [0.3, 0.4) is 0 Å². The van der Waals surface area contributed by atoms with Crippen molar-refractivity contribution in [1.29, 1.82) is 0 Å². The first kappa shape index (κ1) is 73.3. The molecule has 0 saturated carbocycles. The Morgan fingerprint density at radius 1 is 0.273 bits per heavy atom. The van der Waals surface area contributed by atoms with E-state index in [2.05, 4.69) is 118 Å². The Morgan fingerprint density at radius 3 is 0.857 bits per heavy atom. The maximum atomic E-state index is 12.8. The molecule has 1 unspecified atom stereocenters. The van der Waals surface area contributed by atoms with Gasteiger partial charge in [-0.2, -0.15) is 0 Å². The molecule has 0 aromatic carbocycles. The van der Waals surface area contributed by atoms with Crippen LogP contribution in [-0.4, -0.2) is 37.2 Å². The Morgan fingerprint density at radius 2 is 0.532 bits per heavy atom. The van der Waals surface area contributed by atoms with Gasteiger partial charge in [0.25, 0.3) is 0 Å². The standard InChI is InChI=1S/C71H122O6/c1-4-7-10-13-16-19-22-24-26-27-28-29-30-31-32-33-34-35-36-37-38-39-40-41-42-43-44-45-46-48-49-52-55-58-61-64-70(73)76-67-68(66-75-69(72)63-60-57-54-51-21-18-15-12-9-6-3)77-71(74)65-62-59-56-53-50-47-25-23-20-17-14-11-8-5-2/h7,10,12,15-16,19,24,26,28-29,31-32,34-35,37-38,68H,4-6,8-9,11,13-14,17-18,20-23,25,27,30,33,36,39-67H2,1-3H3/b10-7-,15-12-,19-16-,26-24-,29-28-,32-31-,35-34-,38-37-. The summed E-state index contributed by atoms with van der Waals surface area (Å²) in [6.45, 7) is 6.48. The van der Waals surface area contributed by atoms with Crippen LogP contribution >= 0.6 is 0 Å². The van der Waals surface area contributed by atoms with E-state index in [0.29, 0.717) is 19.3 Å². The van der Waals surface area contributed by atoms with Gasteiger partial charge in [0.1, 0.15) is 13.2 Å². The van der Waals surface area contributed by atoms with Crippen LogP contribution < -0.4 is 0 Å². The normalized spacial score (nSPS) is 12.7. The number of allylic oxidation sites excluding steroid dienone is 16. The van der Waals surface area contributed by atoms with Crippen molar-refractivity contribution in [3.8, 4) is 0 Å². The third kappa shape index (κ3) is 63.0. The van der Waals surface area contributed by atoms with Gasteiger partial charge in [0.2, 0.25) is 0 Å². The Kier molecular flexibility index (Phi) is 61.8. The molecule has 0 aromatic heterocycles. The summed E-state index contributed by atoms with van der Waals surface area (Å²) in [7, 11) is 0.